The number of unbranched alkanes of at least 4 members (excludes halogenated alkanes) is 1. The van der Waals surface area contributed by atoms with Crippen LogP contribution in [0.2, 0.25) is 0 Å². The van der Waals surface area contributed by atoms with Crippen molar-refractivity contribution < 1.29 is 14.3 Å². The summed E-state index contributed by atoms with van der Waals surface area (Å²) in [5, 5.41) is 15.6. The van der Waals surface area contributed by atoms with Gasteiger partial charge in [-0.1, -0.05) is 13.3 Å². The standard InChI is InChI=1S/C22H22N4O3/c1-3-4-10-25-22(27)26-16-5-7-17(8-6-16)29-20-9-11-24-19-13-21(28-2)15(14-23)12-18(19)20/h5-9,11-13H,3-4,10H2,1-2H3,(H2,25,26,27). The Morgan fingerprint density at radius 3 is 2.66 bits per heavy atom. The summed E-state index contributed by atoms with van der Waals surface area (Å²) < 4.78 is 11.2. The topological polar surface area (TPSA) is 96.3 Å². The number of nitriles is 1. The van der Waals surface area contributed by atoms with Gasteiger partial charge in [0.1, 0.15) is 23.3 Å². The zero-order chi connectivity index (χ0) is 20.6. The second kappa shape index (κ2) is 9.42. The Balaban J connectivity index is 1.75. The summed E-state index contributed by atoms with van der Waals surface area (Å²) in [7, 11) is 1.52. The Morgan fingerprint density at radius 2 is 1.97 bits per heavy atom. The van der Waals surface area contributed by atoms with Gasteiger partial charge >= 0.3 is 6.03 Å². The molecular formula is C22H22N4O3. The highest BCUT2D eigenvalue weighted by molar-refractivity contribution is 5.89. The normalized spacial score (nSPS) is 10.2. The second-order valence-electron chi connectivity index (χ2n) is 6.35. The summed E-state index contributed by atoms with van der Waals surface area (Å²) in [6.07, 6.45) is 3.61. The first kappa shape index (κ1) is 20.0. The number of aromatic nitrogens is 1. The fraction of sp³-hybridized carbons (Fsp3) is 0.227. The zero-order valence-corrected chi connectivity index (χ0v) is 16.4. The number of urea groups is 1. The first-order valence-electron chi connectivity index (χ1n) is 9.34. The number of ether oxygens (including phenoxy) is 2. The lowest BCUT2D eigenvalue weighted by Crippen LogP contribution is -2.29. The molecule has 0 unspecified atom stereocenters. The summed E-state index contributed by atoms with van der Waals surface area (Å²) in [6.45, 7) is 2.72. The van der Waals surface area contributed by atoms with E-state index in [-0.39, 0.29) is 6.03 Å². The van der Waals surface area contributed by atoms with Gasteiger partial charge in [-0.15, -0.1) is 0 Å². The van der Waals surface area contributed by atoms with Gasteiger partial charge in [-0.3, -0.25) is 4.98 Å². The maximum atomic E-state index is 11.8. The highest BCUT2D eigenvalue weighted by Gasteiger charge is 2.11. The van der Waals surface area contributed by atoms with Gasteiger partial charge in [-0.2, -0.15) is 5.26 Å². The fourth-order valence-electron chi connectivity index (χ4n) is 2.78. The molecule has 2 amide bonds. The predicted molar refractivity (Wildman–Crippen MR) is 111 cm³/mol. The average molecular weight is 390 g/mol. The number of methoxy groups -OCH3 is 1. The van der Waals surface area contributed by atoms with Crippen LogP contribution < -0.4 is 20.1 Å². The molecule has 0 radical (unpaired) electrons. The van der Waals surface area contributed by atoms with E-state index < -0.39 is 0 Å². The van der Waals surface area contributed by atoms with Crippen molar-refractivity contribution in [2.75, 3.05) is 19.0 Å². The molecular weight excluding hydrogens is 368 g/mol. The summed E-state index contributed by atoms with van der Waals surface area (Å²) in [6, 6.07) is 14.1. The lowest BCUT2D eigenvalue weighted by Gasteiger charge is -2.11. The Morgan fingerprint density at radius 1 is 1.17 bits per heavy atom. The van der Waals surface area contributed by atoms with Crippen molar-refractivity contribution in [2.24, 2.45) is 0 Å². The molecule has 3 aromatic rings. The van der Waals surface area contributed by atoms with E-state index in [9.17, 15) is 10.1 Å². The quantitative estimate of drug-likeness (QED) is 0.563. The molecule has 0 atom stereocenters. The van der Waals surface area contributed by atoms with Crippen LogP contribution >= 0.6 is 0 Å². The molecule has 2 N–H and O–H groups in total. The van der Waals surface area contributed by atoms with Crippen LogP contribution in [0.15, 0.2) is 48.7 Å². The maximum absolute atomic E-state index is 11.8. The van der Waals surface area contributed by atoms with Crippen LogP contribution in [0.3, 0.4) is 0 Å². The van der Waals surface area contributed by atoms with Gasteiger partial charge in [0, 0.05) is 29.9 Å². The van der Waals surface area contributed by atoms with Gasteiger partial charge in [0.25, 0.3) is 0 Å². The van der Waals surface area contributed by atoms with E-state index >= 15 is 0 Å². The fourth-order valence-corrected chi connectivity index (χ4v) is 2.78. The number of carbonyl (C=O) groups is 1. The molecule has 7 heteroatoms. The van der Waals surface area contributed by atoms with E-state index in [1.54, 1.807) is 48.7 Å². The maximum Gasteiger partial charge on any atom is 0.319 e. The van der Waals surface area contributed by atoms with E-state index in [0.717, 1.165) is 12.8 Å². The molecule has 29 heavy (non-hydrogen) atoms. The first-order chi connectivity index (χ1) is 14.1. The molecule has 0 fully saturated rings. The Bertz CT molecular complexity index is 1040. The number of carbonyl (C=O) groups excluding carboxylic acids is 1. The van der Waals surface area contributed by atoms with Crippen molar-refractivity contribution in [1.29, 1.82) is 5.26 Å². The molecule has 148 valence electrons. The van der Waals surface area contributed by atoms with Crippen LogP contribution in [0.5, 0.6) is 17.2 Å². The molecule has 0 saturated heterocycles. The van der Waals surface area contributed by atoms with Crippen LogP contribution in [0, 0.1) is 11.3 Å². The molecule has 7 nitrogen and oxygen atoms in total. The zero-order valence-electron chi connectivity index (χ0n) is 16.4. The number of hydrogen-bond donors (Lipinski definition) is 2. The third-order valence-electron chi connectivity index (χ3n) is 4.30. The van der Waals surface area contributed by atoms with Crippen LogP contribution in [0.25, 0.3) is 10.9 Å². The Labute approximate surface area is 169 Å². The minimum absolute atomic E-state index is 0.231. The van der Waals surface area contributed by atoms with Crippen LogP contribution in [-0.2, 0) is 0 Å². The summed E-state index contributed by atoms with van der Waals surface area (Å²) >= 11 is 0. The molecule has 2 aromatic carbocycles. The smallest absolute Gasteiger partial charge is 0.319 e. The number of benzene rings is 2. The molecule has 0 saturated carbocycles. The first-order valence-corrected chi connectivity index (χ1v) is 9.34. The largest absolute Gasteiger partial charge is 0.495 e. The van der Waals surface area contributed by atoms with Crippen molar-refractivity contribution in [3.63, 3.8) is 0 Å². The molecule has 0 aliphatic rings. The van der Waals surface area contributed by atoms with Crippen molar-refractivity contribution in [2.45, 2.75) is 19.8 Å². The highest BCUT2D eigenvalue weighted by atomic mass is 16.5. The minimum atomic E-state index is -0.231. The van der Waals surface area contributed by atoms with E-state index in [1.807, 2.05) is 0 Å². The number of hydrogen-bond acceptors (Lipinski definition) is 5. The van der Waals surface area contributed by atoms with Crippen molar-refractivity contribution in [1.82, 2.24) is 10.3 Å². The second-order valence-corrected chi connectivity index (χ2v) is 6.35. The summed E-state index contributed by atoms with van der Waals surface area (Å²) in [4.78, 5) is 16.1. The monoisotopic (exact) mass is 390 g/mol. The third kappa shape index (κ3) is 4.93. The number of amides is 2. The van der Waals surface area contributed by atoms with Crippen LogP contribution in [0.4, 0.5) is 10.5 Å². The SMILES string of the molecule is CCCCNC(=O)Nc1ccc(Oc2ccnc3cc(OC)c(C#N)cc23)cc1. The van der Waals surface area contributed by atoms with Crippen molar-refractivity contribution >= 4 is 22.6 Å². The van der Waals surface area contributed by atoms with Gasteiger partial charge in [0.15, 0.2) is 0 Å². The number of rotatable bonds is 7. The molecule has 3 rings (SSSR count). The Hall–Kier alpha value is -3.79. The van der Waals surface area contributed by atoms with E-state index in [2.05, 4.69) is 28.6 Å². The summed E-state index contributed by atoms with van der Waals surface area (Å²) in [5.41, 5.74) is 1.74. The van der Waals surface area contributed by atoms with Gasteiger partial charge in [-0.25, -0.2) is 4.79 Å². The third-order valence-corrected chi connectivity index (χ3v) is 4.30. The molecule has 0 spiro atoms. The molecule has 1 heterocycles. The number of anilines is 1. The number of fused-ring (bicyclic) bond motifs is 1. The Kier molecular flexibility index (Phi) is 6.48. The van der Waals surface area contributed by atoms with E-state index in [4.69, 9.17) is 9.47 Å². The molecule has 0 aliphatic heterocycles. The van der Waals surface area contributed by atoms with Gasteiger partial charge in [0.2, 0.25) is 0 Å². The van der Waals surface area contributed by atoms with Gasteiger partial charge in [-0.05, 0) is 42.8 Å². The lowest BCUT2D eigenvalue weighted by molar-refractivity contribution is 0.252. The van der Waals surface area contributed by atoms with Crippen LogP contribution in [0.1, 0.15) is 25.3 Å². The number of pyridine rings is 1. The highest BCUT2D eigenvalue weighted by Crippen LogP contribution is 2.33. The molecule has 1 aromatic heterocycles. The molecule has 0 bridgehead atoms. The lowest BCUT2D eigenvalue weighted by atomic mass is 10.1. The number of nitrogens with zero attached hydrogens (tertiary/aromatic N) is 2. The predicted octanol–water partition coefficient (Wildman–Crippen LogP) is 4.83. The van der Waals surface area contributed by atoms with Crippen molar-refractivity contribution in [3.05, 3.63) is 54.2 Å². The minimum Gasteiger partial charge on any atom is -0.495 e. The average Bonchev–Trinajstić information content (AvgIpc) is 2.74. The molecule has 0 aliphatic carbocycles. The van der Waals surface area contributed by atoms with E-state index in [0.29, 0.717) is 45.9 Å². The summed E-state index contributed by atoms with van der Waals surface area (Å²) in [5.74, 6) is 1.65. The van der Waals surface area contributed by atoms with Crippen LogP contribution in [-0.4, -0.2) is 24.7 Å². The number of nitrogens with one attached hydrogen (secondary N) is 2. The van der Waals surface area contributed by atoms with Crippen molar-refractivity contribution in [3.8, 4) is 23.3 Å². The van der Waals surface area contributed by atoms with E-state index in [1.165, 1.54) is 7.11 Å². The van der Waals surface area contributed by atoms with Gasteiger partial charge < -0.3 is 20.1 Å². The van der Waals surface area contributed by atoms with Gasteiger partial charge in [0.05, 0.1) is 18.2 Å².